The van der Waals surface area contributed by atoms with Gasteiger partial charge in [0.15, 0.2) is 11.6 Å². The lowest BCUT2D eigenvalue weighted by atomic mass is 10.0. The molecular weight excluding hydrogens is 330 g/mol. The number of anilines is 1. The Bertz CT molecular complexity index is 807. The molecule has 138 valence electrons. The molecular formula is C19H25N5O2. The van der Waals surface area contributed by atoms with Gasteiger partial charge in [-0.05, 0) is 39.3 Å². The third-order valence-electron chi connectivity index (χ3n) is 5.11. The van der Waals surface area contributed by atoms with Crippen LogP contribution in [0, 0.1) is 13.8 Å². The highest BCUT2D eigenvalue weighted by Gasteiger charge is 2.30. The molecule has 2 aromatic rings. The van der Waals surface area contributed by atoms with Gasteiger partial charge in [0.05, 0.1) is 11.7 Å². The van der Waals surface area contributed by atoms with Gasteiger partial charge in [0.25, 0.3) is 0 Å². The molecule has 3 rings (SSSR count). The van der Waals surface area contributed by atoms with Gasteiger partial charge in [-0.25, -0.2) is 9.97 Å². The Kier molecular flexibility index (Phi) is 5.18. The number of hydrogen-bond donors (Lipinski definition) is 1. The van der Waals surface area contributed by atoms with Gasteiger partial charge in [-0.1, -0.05) is 0 Å². The Hall–Kier alpha value is -2.54. The number of aromatic amines is 1. The van der Waals surface area contributed by atoms with Crippen LogP contribution >= 0.6 is 0 Å². The van der Waals surface area contributed by atoms with E-state index in [4.69, 9.17) is 0 Å². The second kappa shape index (κ2) is 7.37. The summed E-state index contributed by atoms with van der Waals surface area (Å²) in [7, 11) is 0. The van der Waals surface area contributed by atoms with E-state index in [1.165, 1.54) is 6.92 Å². The van der Waals surface area contributed by atoms with Gasteiger partial charge in [0.1, 0.15) is 0 Å². The number of nitrogens with one attached hydrogen (secondary N) is 1. The normalized spacial score (nSPS) is 16.5. The Morgan fingerprint density at radius 1 is 1.12 bits per heavy atom. The molecule has 2 aromatic heterocycles. The summed E-state index contributed by atoms with van der Waals surface area (Å²) in [5.74, 6) is 0.745. The van der Waals surface area contributed by atoms with Crippen LogP contribution in [-0.4, -0.2) is 63.6 Å². The molecule has 1 aliphatic heterocycles. The summed E-state index contributed by atoms with van der Waals surface area (Å²) >= 11 is 0. The number of Topliss-reactive ketones (excluding diaryl/α,β-unsaturated/α-hetero) is 2. The average molecular weight is 355 g/mol. The lowest BCUT2D eigenvalue weighted by molar-refractivity contribution is 0.0824. The van der Waals surface area contributed by atoms with Crippen LogP contribution < -0.4 is 4.90 Å². The van der Waals surface area contributed by atoms with Crippen molar-refractivity contribution < 1.29 is 9.59 Å². The van der Waals surface area contributed by atoms with Gasteiger partial charge in [-0.15, -0.1) is 0 Å². The van der Waals surface area contributed by atoms with Gasteiger partial charge in [-0.2, -0.15) is 0 Å². The molecule has 3 heterocycles. The highest BCUT2D eigenvalue weighted by Crippen LogP contribution is 2.21. The van der Waals surface area contributed by atoms with Crippen molar-refractivity contribution >= 4 is 17.5 Å². The van der Waals surface area contributed by atoms with Crippen molar-refractivity contribution in [3.63, 3.8) is 0 Å². The second-order valence-electron chi connectivity index (χ2n) is 6.79. The van der Waals surface area contributed by atoms with Crippen LogP contribution in [0.15, 0.2) is 18.5 Å². The van der Waals surface area contributed by atoms with E-state index in [1.54, 1.807) is 18.5 Å². The zero-order valence-corrected chi connectivity index (χ0v) is 15.7. The van der Waals surface area contributed by atoms with Crippen molar-refractivity contribution in [1.29, 1.82) is 0 Å². The molecule has 0 bridgehead atoms. The number of nitrogens with zero attached hydrogens (tertiary/aromatic N) is 4. The topological polar surface area (TPSA) is 82.2 Å². The van der Waals surface area contributed by atoms with Crippen molar-refractivity contribution in [3.8, 4) is 0 Å². The predicted molar refractivity (Wildman–Crippen MR) is 99.9 cm³/mol. The first kappa shape index (κ1) is 18.3. The zero-order valence-electron chi connectivity index (χ0n) is 15.7. The minimum absolute atomic E-state index is 0.0144. The van der Waals surface area contributed by atoms with Crippen molar-refractivity contribution in [2.24, 2.45) is 0 Å². The molecule has 7 heteroatoms. The molecule has 26 heavy (non-hydrogen) atoms. The van der Waals surface area contributed by atoms with E-state index in [0.29, 0.717) is 11.3 Å². The average Bonchev–Trinajstić information content (AvgIpc) is 2.95. The summed E-state index contributed by atoms with van der Waals surface area (Å²) in [4.78, 5) is 40.8. The fraction of sp³-hybridized carbons (Fsp3) is 0.474. The maximum Gasteiger partial charge on any atom is 0.225 e. The van der Waals surface area contributed by atoms with Crippen molar-refractivity contribution in [1.82, 2.24) is 19.9 Å². The summed E-state index contributed by atoms with van der Waals surface area (Å²) in [5, 5.41) is 0. The van der Waals surface area contributed by atoms with Crippen molar-refractivity contribution in [2.45, 2.75) is 33.7 Å². The van der Waals surface area contributed by atoms with E-state index in [9.17, 15) is 9.59 Å². The lowest BCUT2D eigenvalue weighted by Crippen LogP contribution is -2.52. The number of piperazine rings is 1. The second-order valence-corrected chi connectivity index (χ2v) is 6.79. The van der Waals surface area contributed by atoms with Crippen molar-refractivity contribution in [3.05, 3.63) is 41.0 Å². The smallest absolute Gasteiger partial charge is 0.225 e. The van der Waals surface area contributed by atoms with Crippen LogP contribution in [0.5, 0.6) is 0 Å². The molecule has 0 saturated carbocycles. The standard InChI is InChI=1S/C19H25N5O2/c1-12-16(15(4)25)13(2)22-17(12)18(26)14(3)23-8-10-24(11-9-23)19-20-6-5-7-21-19/h5-7,14,22H,8-11H2,1-4H3/t14-/m1/s1. The van der Waals surface area contributed by atoms with E-state index < -0.39 is 0 Å². The number of carbonyl (C=O) groups excluding carboxylic acids is 2. The SMILES string of the molecule is CC(=O)c1c(C)[nH]c(C(=O)[C@@H](C)N2CCN(c3ncccn3)CC2)c1C. The fourth-order valence-electron chi connectivity index (χ4n) is 3.66. The van der Waals surface area contributed by atoms with Crippen LogP contribution in [-0.2, 0) is 0 Å². The largest absolute Gasteiger partial charge is 0.355 e. The molecule has 0 unspecified atom stereocenters. The maximum absolute atomic E-state index is 13.0. The zero-order chi connectivity index (χ0) is 18.8. The number of hydrogen-bond acceptors (Lipinski definition) is 6. The summed E-state index contributed by atoms with van der Waals surface area (Å²) in [5.41, 5.74) is 2.69. The van der Waals surface area contributed by atoms with Gasteiger partial charge < -0.3 is 9.88 Å². The molecule has 0 aliphatic carbocycles. The molecule has 7 nitrogen and oxygen atoms in total. The van der Waals surface area contributed by atoms with Crippen LogP contribution in [0.2, 0.25) is 0 Å². The summed E-state index contributed by atoms with van der Waals surface area (Å²) in [6.45, 7) is 10.2. The maximum atomic E-state index is 13.0. The Morgan fingerprint density at radius 2 is 1.73 bits per heavy atom. The quantitative estimate of drug-likeness (QED) is 0.827. The van der Waals surface area contributed by atoms with E-state index >= 15 is 0 Å². The molecule has 0 aromatic carbocycles. The molecule has 1 atom stereocenters. The van der Waals surface area contributed by atoms with E-state index in [2.05, 4.69) is 24.8 Å². The van der Waals surface area contributed by atoms with E-state index in [0.717, 1.165) is 43.4 Å². The van der Waals surface area contributed by atoms with Crippen LogP contribution in [0.25, 0.3) is 0 Å². The number of carbonyl (C=O) groups is 2. The van der Waals surface area contributed by atoms with Crippen LogP contribution in [0.4, 0.5) is 5.95 Å². The number of H-pyrrole nitrogens is 1. The molecule has 1 fully saturated rings. The van der Waals surface area contributed by atoms with Crippen molar-refractivity contribution in [2.75, 3.05) is 31.1 Å². The molecule has 0 amide bonds. The fourth-order valence-corrected chi connectivity index (χ4v) is 3.66. The first-order valence-electron chi connectivity index (χ1n) is 8.90. The molecule has 1 N–H and O–H groups in total. The molecule has 0 spiro atoms. The minimum Gasteiger partial charge on any atom is -0.355 e. The molecule has 1 saturated heterocycles. The van der Waals surface area contributed by atoms with Crippen LogP contribution in [0.3, 0.4) is 0 Å². The monoisotopic (exact) mass is 355 g/mol. The summed E-state index contributed by atoms with van der Waals surface area (Å²) < 4.78 is 0. The third kappa shape index (κ3) is 3.39. The highest BCUT2D eigenvalue weighted by atomic mass is 16.1. The first-order valence-corrected chi connectivity index (χ1v) is 8.90. The van der Waals surface area contributed by atoms with E-state index in [-0.39, 0.29) is 17.6 Å². The van der Waals surface area contributed by atoms with Gasteiger partial charge in [0.2, 0.25) is 5.95 Å². The minimum atomic E-state index is -0.245. The number of aryl methyl sites for hydroxylation is 1. The summed E-state index contributed by atoms with van der Waals surface area (Å²) in [6, 6.07) is 1.56. The predicted octanol–water partition coefficient (Wildman–Crippen LogP) is 2.02. The summed E-state index contributed by atoms with van der Waals surface area (Å²) in [6.07, 6.45) is 3.48. The number of ketones is 2. The van der Waals surface area contributed by atoms with E-state index in [1.807, 2.05) is 20.8 Å². The van der Waals surface area contributed by atoms with Gasteiger partial charge >= 0.3 is 0 Å². The Balaban J connectivity index is 1.69. The third-order valence-corrected chi connectivity index (χ3v) is 5.11. The lowest BCUT2D eigenvalue weighted by Gasteiger charge is -2.37. The molecule has 1 aliphatic rings. The molecule has 0 radical (unpaired) electrons. The number of aromatic nitrogens is 3. The Morgan fingerprint density at radius 3 is 2.27 bits per heavy atom. The first-order chi connectivity index (χ1) is 12.4. The van der Waals surface area contributed by atoms with Gasteiger partial charge in [-0.3, -0.25) is 14.5 Å². The van der Waals surface area contributed by atoms with Gasteiger partial charge in [0, 0.05) is 49.8 Å². The number of rotatable bonds is 5. The highest BCUT2D eigenvalue weighted by molar-refractivity contribution is 6.05. The van der Waals surface area contributed by atoms with Crippen LogP contribution in [0.1, 0.15) is 46.0 Å². The Labute approximate surface area is 153 Å².